The van der Waals surface area contributed by atoms with Gasteiger partial charge in [0.15, 0.2) is 11.4 Å². The maximum Gasteiger partial charge on any atom is 0.265 e. The number of amides is 2. The molecule has 1 N–H and O–H groups in total. The molecule has 0 aliphatic carbocycles. The average Bonchev–Trinajstić information content (AvgIpc) is 2.62. The molecule has 138 valence electrons. The van der Waals surface area contributed by atoms with Crippen molar-refractivity contribution in [2.24, 2.45) is 0 Å². The third-order valence-corrected chi connectivity index (χ3v) is 3.98. The summed E-state index contributed by atoms with van der Waals surface area (Å²) in [5, 5.41) is 2.61. The summed E-state index contributed by atoms with van der Waals surface area (Å²) < 4.78 is 11.1. The van der Waals surface area contributed by atoms with E-state index in [0.29, 0.717) is 18.8 Å². The van der Waals surface area contributed by atoms with E-state index in [1.165, 1.54) is 11.0 Å². The lowest BCUT2D eigenvalue weighted by Crippen LogP contribution is -2.53. The molecular formula is C19H22N2O4S. The van der Waals surface area contributed by atoms with Crippen LogP contribution in [0.4, 0.5) is 0 Å². The summed E-state index contributed by atoms with van der Waals surface area (Å²) in [5.74, 6) is -0.949. The van der Waals surface area contributed by atoms with E-state index in [-0.39, 0.29) is 17.2 Å². The van der Waals surface area contributed by atoms with Crippen LogP contribution in [0.5, 0.6) is 0 Å². The first-order valence-electron chi connectivity index (χ1n) is 8.34. The molecule has 0 bridgehead atoms. The molecule has 0 saturated carbocycles. The summed E-state index contributed by atoms with van der Waals surface area (Å²) in [6.45, 7) is 8.70. The second kappa shape index (κ2) is 9.38. The number of rotatable bonds is 8. The van der Waals surface area contributed by atoms with Gasteiger partial charge in [-0.15, -0.1) is 6.58 Å². The van der Waals surface area contributed by atoms with Crippen molar-refractivity contribution in [3.63, 3.8) is 0 Å². The number of ether oxygens (including phenoxy) is 2. The molecule has 0 spiro atoms. The van der Waals surface area contributed by atoms with E-state index in [9.17, 15) is 9.59 Å². The summed E-state index contributed by atoms with van der Waals surface area (Å²) in [4.78, 5) is 25.9. The van der Waals surface area contributed by atoms with Gasteiger partial charge in [-0.1, -0.05) is 30.3 Å². The van der Waals surface area contributed by atoms with Crippen LogP contribution in [0.2, 0.25) is 0 Å². The van der Waals surface area contributed by atoms with Gasteiger partial charge in [0, 0.05) is 25.3 Å². The van der Waals surface area contributed by atoms with E-state index in [1.54, 1.807) is 18.2 Å². The molecule has 2 amide bonds. The van der Waals surface area contributed by atoms with E-state index in [4.69, 9.17) is 21.7 Å². The predicted molar refractivity (Wildman–Crippen MR) is 103 cm³/mol. The molecule has 2 rings (SSSR count). The van der Waals surface area contributed by atoms with E-state index >= 15 is 0 Å². The molecule has 0 atom stereocenters. The van der Waals surface area contributed by atoms with E-state index < -0.39 is 18.1 Å². The van der Waals surface area contributed by atoms with Gasteiger partial charge < -0.3 is 9.47 Å². The predicted octanol–water partition coefficient (Wildman–Crippen LogP) is 2.57. The Balaban J connectivity index is 2.25. The highest BCUT2D eigenvalue weighted by molar-refractivity contribution is 7.80. The quantitative estimate of drug-likeness (QED) is 0.249. The van der Waals surface area contributed by atoms with Crippen LogP contribution in [0.25, 0.3) is 6.08 Å². The van der Waals surface area contributed by atoms with Crippen LogP contribution >= 0.6 is 12.2 Å². The lowest BCUT2D eigenvalue weighted by molar-refractivity contribution is -0.140. The fourth-order valence-corrected chi connectivity index (χ4v) is 2.70. The fraction of sp³-hybridized carbons (Fsp3) is 0.316. The average molecular weight is 374 g/mol. The Hall–Kier alpha value is -2.35. The Morgan fingerprint density at radius 2 is 1.81 bits per heavy atom. The molecule has 1 aliphatic heterocycles. The lowest BCUT2D eigenvalue weighted by Gasteiger charge is -2.27. The highest BCUT2D eigenvalue weighted by atomic mass is 32.1. The van der Waals surface area contributed by atoms with Crippen LogP contribution in [0.1, 0.15) is 31.3 Å². The van der Waals surface area contributed by atoms with E-state index in [2.05, 4.69) is 11.9 Å². The third-order valence-electron chi connectivity index (χ3n) is 3.65. The lowest BCUT2D eigenvalue weighted by atomic mass is 10.1. The highest BCUT2D eigenvalue weighted by Crippen LogP contribution is 2.21. The van der Waals surface area contributed by atoms with E-state index in [1.807, 2.05) is 26.0 Å². The molecular weight excluding hydrogens is 352 g/mol. The van der Waals surface area contributed by atoms with E-state index in [0.717, 1.165) is 5.56 Å². The van der Waals surface area contributed by atoms with Crippen LogP contribution in [-0.2, 0) is 19.1 Å². The summed E-state index contributed by atoms with van der Waals surface area (Å²) in [6, 6.07) is 7.30. The number of benzene rings is 1. The van der Waals surface area contributed by atoms with Crippen molar-refractivity contribution in [2.75, 3.05) is 19.8 Å². The molecule has 0 aromatic heterocycles. The molecule has 1 aliphatic rings. The molecule has 0 unspecified atom stereocenters. The van der Waals surface area contributed by atoms with Gasteiger partial charge in [-0.05, 0) is 37.7 Å². The van der Waals surface area contributed by atoms with Gasteiger partial charge in [0.25, 0.3) is 11.8 Å². The van der Waals surface area contributed by atoms with Crippen LogP contribution in [-0.4, -0.2) is 41.6 Å². The van der Waals surface area contributed by atoms with Crippen molar-refractivity contribution >= 4 is 35.2 Å². The van der Waals surface area contributed by atoms with Crippen molar-refractivity contribution in [1.29, 1.82) is 0 Å². The van der Waals surface area contributed by atoms with Crippen LogP contribution in [0.3, 0.4) is 0 Å². The molecule has 6 nitrogen and oxygen atoms in total. The van der Waals surface area contributed by atoms with Gasteiger partial charge in [-0.25, -0.2) is 0 Å². The number of thiocarbonyl (C=S) groups is 1. The van der Waals surface area contributed by atoms with Crippen molar-refractivity contribution in [3.8, 4) is 0 Å². The Morgan fingerprint density at radius 1 is 1.19 bits per heavy atom. The first-order valence-corrected chi connectivity index (χ1v) is 8.75. The zero-order valence-electron chi connectivity index (χ0n) is 14.9. The SMILES string of the molecule is C=CCN1C(=O)C(=Cc2ccc(C(OCC)OCC)cc2)C(=O)NC1=S. The summed E-state index contributed by atoms with van der Waals surface area (Å²) in [5.41, 5.74) is 1.61. The minimum absolute atomic E-state index is 0.0272. The second-order valence-electron chi connectivity index (χ2n) is 5.43. The van der Waals surface area contributed by atoms with Gasteiger partial charge in [-0.3, -0.25) is 19.8 Å². The monoisotopic (exact) mass is 374 g/mol. The topological polar surface area (TPSA) is 67.9 Å². The summed E-state index contributed by atoms with van der Waals surface area (Å²) in [6.07, 6.45) is 2.65. The normalized spacial score (nSPS) is 16.3. The molecule has 1 saturated heterocycles. The zero-order chi connectivity index (χ0) is 19.1. The van der Waals surface area contributed by atoms with Gasteiger partial charge in [0.2, 0.25) is 0 Å². The highest BCUT2D eigenvalue weighted by Gasteiger charge is 2.32. The molecule has 1 aromatic rings. The molecule has 26 heavy (non-hydrogen) atoms. The number of carbonyl (C=O) groups excluding carboxylic acids is 2. The van der Waals surface area contributed by atoms with Crippen LogP contribution < -0.4 is 5.32 Å². The van der Waals surface area contributed by atoms with Crippen molar-refractivity contribution < 1.29 is 19.1 Å². The Bertz CT molecular complexity index is 722. The standard InChI is InChI=1S/C19H22N2O4S/c1-4-11-21-17(23)15(16(22)20-19(21)26)12-13-7-9-14(10-8-13)18(24-5-2)25-6-3/h4,7-10,12,18H,1,5-6,11H2,2-3H3,(H,20,22,26). The number of nitrogens with zero attached hydrogens (tertiary/aromatic N) is 1. The molecule has 1 fully saturated rings. The largest absolute Gasteiger partial charge is 0.349 e. The molecule has 0 radical (unpaired) electrons. The molecule has 1 heterocycles. The van der Waals surface area contributed by atoms with Crippen molar-refractivity contribution in [1.82, 2.24) is 10.2 Å². The third kappa shape index (κ3) is 4.63. The number of hydrogen-bond acceptors (Lipinski definition) is 5. The molecule has 7 heteroatoms. The smallest absolute Gasteiger partial charge is 0.265 e. The maximum absolute atomic E-state index is 12.5. The first kappa shape index (κ1) is 20.0. The Labute approximate surface area is 158 Å². The van der Waals surface area contributed by atoms with Crippen molar-refractivity contribution in [2.45, 2.75) is 20.1 Å². The first-order chi connectivity index (χ1) is 12.5. The zero-order valence-corrected chi connectivity index (χ0v) is 15.7. The van der Waals surface area contributed by atoms with Crippen LogP contribution in [0, 0.1) is 0 Å². The number of carbonyl (C=O) groups is 2. The van der Waals surface area contributed by atoms with Crippen molar-refractivity contribution in [3.05, 3.63) is 53.6 Å². The van der Waals surface area contributed by atoms with Crippen LogP contribution in [0.15, 0.2) is 42.5 Å². The Kier molecular flexibility index (Phi) is 7.20. The van der Waals surface area contributed by atoms with Gasteiger partial charge in [0.05, 0.1) is 0 Å². The number of nitrogens with one attached hydrogen (secondary N) is 1. The van der Waals surface area contributed by atoms with Gasteiger partial charge in [0.1, 0.15) is 5.57 Å². The fourth-order valence-electron chi connectivity index (χ4n) is 2.45. The summed E-state index contributed by atoms with van der Waals surface area (Å²) >= 11 is 5.03. The summed E-state index contributed by atoms with van der Waals surface area (Å²) in [7, 11) is 0. The number of hydrogen-bond donors (Lipinski definition) is 1. The Morgan fingerprint density at radius 3 is 2.35 bits per heavy atom. The minimum atomic E-state index is -0.508. The minimum Gasteiger partial charge on any atom is -0.349 e. The van der Waals surface area contributed by atoms with Gasteiger partial charge >= 0.3 is 0 Å². The second-order valence-corrected chi connectivity index (χ2v) is 5.82. The molecule has 1 aromatic carbocycles. The van der Waals surface area contributed by atoms with Gasteiger partial charge in [-0.2, -0.15) is 0 Å². The maximum atomic E-state index is 12.5.